The van der Waals surface area contributed by atoms with E-state index in [1.807, 2.05) is 86.7 Å². The van der Waals surface area contributed by atoms with E-state index < -0.39 is 12.0 Å². The Bertz CT molecular complexity index is 2220. The maximum atomic E-state index is 14.5. The van der Waals surface area contributed by atoms with Gasteiger partial charge >= 0.3 is 5.97 Å². The molecule has 0 saturated heterocycles. The molecule has 0 spiro atoms. The van der Waals surface area contributed by atoms with Crippen LogP contribution in [0.2, 0.25) is 10.0 Å². The fraction of sp³-hybridized carbons (Fsp3) is 0.216. The van der Waals surface area contributed by atoms with Crippen molar-refractivity contribution in [2.45, 2.75) is 46.4 Å². The lowest BCUT2D eigenvalue weighted by atomic mass is 9.95. The summed E-state index contributed by atoms with van der Waals surface area (Å²) in [5.74, 6) is 0.623. The van der Waals surface area contributed by atoms with Crippen LogP contribution >= 0.6 is 34.5 Å². The average molecular weight is 688 g/mol. The van der Waals surface area contributed by atoms with Gasteiger partial charge in [0.25, 0.3) is 5.56 Å². The summed E-state index contributed by atoms with van der Waals surface area (Å²) in [5, 5.41) is 2.94. The van der Waals surface area contributed by atoms with Gasteiger partial charge < -0.3 is 14.2 Å². The molecule has 10 heteroatoms. The second-order valence-electron chi connectivity index (χ2n) is 11.2. The number of rotatable bonds is 9. The van der Waals surface area contributed by atoms with Crippen molar-refractivity contribution in [1.82, 2.24) is 4.57 Å². The molecule has 240 valence electrons. The lowest BCUT2D eigenvalue weighted by molar-refractivity contribution is -0.139. The molecular weight excluding hydrogens is 655 g/mol. The molecule has 1 aliphatic rings. The monoisotopic (exact) mass is 686 g/mol. The molecule has 7 nitrogen and oxygen atoms in total. The zero-order valence-corrected chi connectivity index (χ0v) is 28.6. The van der Waals surface area contributed by atoms with Gasteiger partial charge in [-0.05, 0) is 68.8 Å². The molecule has 1 aliphatic heterocycles. The van der Waals surface area contributed by atoms with Crippen molar-refractivity contribution >= 4 is 57.4 Å². The summed E-state index contributed by atoms with van der Waals surface area (Å²) in [6, 6.07) is 23.7. The Morgan fingerprint density at radius 1 is 1.02 bits per heavy atom. The van der Waals surface area contributed by atoms with E-state index in [0.29, 0.717) is 47.7 Å². The van der Waals surface area contributed by atoms with Crippen LogP contribution in [0.5, 0.6) is 11.5 Å². The summed E-state index contributed by atoms with van der Waals surface area (Å²) >= 11 is 13.8. The molecular formula is C37H32Cl2N2O5S. The largest absolute Gasteiger partial charge is 0.491 e. The SMILES string of the molecule is CCOC(=O)C1=C(C)N=c2s/c(=C\c3c(OCc4ccc(Cl)cc4Cl)ccc4ccccc34)c(=O)n2[C@@H]1c1ccccc1OC(C)C. The minimum Gasteiger partial charge on any atom is -0.491 e. The van der Waals surface area contributed by atoms with E-state index in [9.17, 15) is 9.59 Å². The number of thiazole rings is 1. The first-order valence-electron chi connectivity index (χ1n) is 15.2. The molecule has 0 amide bonds. The maximum absolute atomic E-state index is 14.5. The Balaban J connectivity index is 1.54. The van der Waals surface area contributed by atoms with Crippen LogP contribution in [-0.2, 0) is 16.1 Å². The number of aromatic nitrogens is 1. The third kappa shape index (κ3) is 6.59. The predicted octanol–water partition coefficient (Wildman–Crippen LogP) is 7.62. The maximum Gasteiger partial charge on any atom is 0.338 e. The van der Waals surface area contributed by atoms with Gasteiger partial charge in [-0.2, -0.15) is 0 Å². The van der Waals surface area contributed by atoms with E-state index in [1.54, 1.807) is 30.5 Å². The van der Waals surface area contributed by atoms with Gasteiger partial charge in [-0.15, -0.1) is 0 Å². The van der Waals surface area contributed by atoms with Crippen LogP contribution in [0.1, 0.15) is 50.4 Å². The Labute approximate surface area is 286 Å². The predicted molar refractivity (Wildman–Crippen MR) is 187 cm³/mol. The molecule has 0 N–H and O–H groups in total. The van der Waals surface area contributed by atoms with Crippen LogP contribution in [0, 0.1) is 0 Å². The second-order valence-corrected chi connectivity index (χ2v) is 13.1. The molecule has 0 unspecified atom stereocenters. The fourth-order valence-corrected chi connectivity index (χ4v) is 7.12. The molecule has 6 rings (SSSR count). The van der Waals surface area contributed by atoms with E-state index in [-0.39, 0.29) is 24.9 Å². The second kappa shape index (κ2) is 13.8. The van der Waals surface area contributed by atoms with Crippen LogP contribution in [0.25, 0.3) is 16.8 Å². The van der Waals surface area contributed by atoms with Gasteiger partial charge in [0.1, 0.15) is 24.1 Å². The molecule has 0 radical (unpaired) electrons. The van der Waals surface area contributed by atoms with Crippen molar-refractivity contribution in [3.05, 3.63) is 137 Å². The summed E-state index contributed by atoms with van der Waals surface area (Å²) < 4.78 is 20.0. The number of fused-ring (bicyclic) bond motifs is 2. The van der Waals surface area contributed by atoms with E-state index in [2.05, 4.69) is 0 Å². The molecule has 0 aliphatic carbocycles. The molecule has 47 heavy (non-hydrogen) atoms. The first-order chi connectivity index (χ1) is 22.7. The summed E-state index contributed by atoms with van der Waals surface area (Å²) in [5.41, 5.74) is 2.65. The molecule has 0 saturated carbocycles. The summed E-state index contributed by atoms with van der Waals surface area (Å²) in [6.45, 7) is 7.76. The number of para-hydroxylation sites is 1. The summed E-state index contributed by atoms with van der Waals surface area (Å²) in [6.07, 6.45) is 1.71. The third-order valence-corrected chi connectivity index (χ3v) is 9.27. The van der Waals surface area contributed by atoms with Crippen LogP contribution in [-0.4, -0.2) is 23.2 Å². The topological polar surface area (TPSA) is 79.1 Å². The quantitative estimate of drug-likeness (QED) is 0.149. The molecule has 2 heterocycles. The van der Waals surface area contributed by atoms with E-state index in [1.165, 1.54) is 11.3 Å². The Hall–Kier alpha value is -4.37. The van der Waals surface area contributed by atoms with Gasteiger partial charge in [0.05, 0.1) is 28.5 Å². The summed E-state index contributed by atoms with van der Waals surface area (Å²) in [7, 11) is 0. The normalized spacial score (nSPS) is 14.7. The number of allylic oxidation sites excluding steroid dienone is 1. The van der Waals surface area contributed by atoms with Crippen molar-refractivity contribution < 1.29 is 19.0 Å². The van der Waals surface area contributed by atoms with Crippen LogP contribution < -0.4 is 24.4 Å². The molecule has 1 aromatic heterocycles. The van der Waals surface area contributed by atoms with Gasteiger partial charge in [0, 0.05) is 26.7 Å². The van der Waals surface area contributed by atoms with Gasteiger partial charge in [0.15, 0.2) is 4.80 Å². The van der Waals surface area contributed by atoms with Crippen LogP contribution in [0.3, 0.4) is 0 Å². The fourth-order valence-electron chi connectivity index (χ4n) is 5.63. The van der Waals surface area contributed by atoms with Crippen molar-refractivity contribution in [3.8, 4) is 11.5 Å². The Morgan fingerprint density at radius 3 is 2.55 bits per heavy atom. The number of carbonyl (C=O) groups is 1. The van der Waals surface area contributed by atoms with E-state index in [4.69, 9.17) is 42.4 Å². The highest BCUT2D eigenvalue weighted by Gasteiger charge is 2.35. The van der Waals surface area contributed by atoms with Gasteiger partial charge in [0.2, 0.25) is 0 Å². The number of benzene rings is 4. The minimum absolute atomic E-state index is 0.129. The van der Waals surface area contributed by atoms with Crippen LogP contribution in [0.15, 0.2) is 99.9 Å². The number of hydrogen-bond donors (Lipinski definition) is 0. The first kappa shape index (κ1) is 32.6. The van der Waals surface area contributed by atoms with Crippen molar-refractivity contribution in [1.29, 1.82) is 0 Å². The van der Waals surface area contributed by atoms with Gasteiger partial charge in [-0.3, -0.25) is 9.36 Å². The van der Waals surface area contributed by atoms with Crippen LogP contribution in [0.4, 0.5) is 0 Å². The molecule has 4 aromatic carbocycles. The average Bonchev–Trinajstić information content (AvgIpc) is 3.34. The smallest absolute Gasteiger partial charge is 0.338 e. The Morgan fingerprint density at radius 2 is 1.79 bits per heavy atom. The Kier molecular flexibility index (Phi) is 9.55. The van der Waals surface area contributed by atoms with Gasteiger partial charge in [-0.25, -0.2) is 9.79 Å². The minimum atomic E-state index is -0.808. The lowest BCUT2D eigenvalue weighted by Gasteiger charge is -2.26. The van der Waals surface area contributed by atoms with Crippen molar-refractivity contribution in [2.24, 2.45) is 4.99 Å². The van der Waals surface area contributed by atoms with Crippen molar-refractivity contribution in [3.63, 3.8) is 0 Å². The first-order valence-corrected chi connectivity index (χ1v) is 16.8. The number of carbonyl (C=O) groups excluding carboxylic acids is 1. The molecule has 0 bridgehead atoms. The number of halogens is 2. The zero-order valence-electron chi connectivity index (χ0n) is 26.3. The van der Waals surface area contributed by atoms with Gasteiger partial charge in [-0.1, -0.05) is 89.1 Å². The highest BCUT2D eigenvalue weighted by Crippen LogP contribution is 2.36. The zero-order chi connectivity index (χ0) is 33.2. The number of nitrogens with zero attached hydrogens (tertiary/aromatic N) is 2. The van der Waals surface area contributed by atoms with Crippen molar-refractivity contribution in [2.75, 3.05) is 6.61 Å². The number of ether oxygens (including phenoxy) is 3. The third-order valence-electron chi connectivity index (χ3n) is 7.70. The summed E-state index contributed by atoms with van der Waals surface area (Å²) in [4.78, 5) is 33.1. The highest BCUT2D eigenvalue weighted by atomic mass is 35.5. The standard InChI is InChI=1S/C37H32Cl2N2O5S/c1-5-44-36(43)33-22(4)40-37-41(34(33)27-12-8-9-13-31(27)46-21(2)3)35(42)32(47-37)19-28-26-11-7-6-10-23(26)15-17-30(28)45-20-24-14-16-25(38)18-29(24)39/h6-19,21,34H,5,20H2,1-4H3/b32-19-/t34-/m1/s1. The molecule has 1 atom stereocenters. The number of hydrogen-bond acceptors (Lipinski definition) is 7. The van der Waals surface area contributed by atoms with E-state index in [0.717, 1.165) is 21.9 Å². The molecule has 5 aromatic rings. The molecule has 0 fully saturated rings. The number of esters is 1. The lowest BCUT2D eigenvalue weighted by Crippen LogP contribution is -2.40. The highest BCUT2D eigenvalue weighted by molar-refractivity contribution is 7.07. The van der Waals surface area contributed by atoms with E-state index >= 15 is 0 Å².